The molecule has 0 amide bonds. The minimum Gasteiger partial charge on any atom is -0.496 e. The Morgan fingerprint density at radius 2 is 2.00 bits per heavy atom. The van der Waals surface area contributed by atoms with Crippen LogP contribution in [0, 0.1) is 5.82 Å². The van der Waals surface area contributed by atoms with Crippen LogP contribution in [0.2, 0.25) is 0 Å². The summed E-state index contributed by atoms with van der Waals surface area (Å²) in [6, 6.07) is 4.62. The van der Waals surface area contributed by atoms with E-state index < -0.39 is 5.60 Å². The lowest BCUT2D eigenvalue weighted by Crippen LogP contribution is -2.59. The summed E-state index contributed by atoms with van der Waals surface area (Å²) in [5, 5.41) is 11.1. The monoisotopic (exact) mass is 281 g/mol. The van der Waals surface area contributed by atoms with Crippen LogP contribution in [0.5, 0.6) is 5.75 Å². The van der Waals surface area contributed by atoms with E-state index in [0.717, 1.165) is 0 Å². The summed E-state index contributed by atoms with van der Waals surface area (Å²) >= 11 is 0. The number of nitrogens with zero attached hydrogens (tertiary/aromatic N) is 1. The van der Waals surface area contributed by atoms with Crippen LogP contribution in [0.3, 0.4) is 0 Å². The van der Waals surface area contributed by atoms with Gasteiger partial charge >= 0.3 is 0 Å². The van der Waals surface area contributed by atoms with Gasteiger partial charge in [-0.05, 0) is 38.1 Å². The maximum absolute atomic E-state index is 13.6. The summed E-state index contributed by atoms with van der Waals surface area (Å²) in [6.45, 7) is 1.21. The largest absolute Gasteiger partial charge is 0.496 e. The second-order valence-corrected chi connectivity index (χ2v) is 5.80. The number of ether oxygens (including phenoxy) is 2. The smallest absolute Gasteiger partial charge is 0.125 e. The second kappa shape index (κ2) is 4.98. The van der Waals surface area contributed by atoms with Crippen molar-refractivity contribution in [2.45, 2.75) is 30.5 Å². The Morgan fingerprint density at radius 3 is 2.60 bits per heavy atom. The van der Waals surface area contributed by atoms with Gasteiger partial charge in [-0.2, -0.15) is 0 Å². The Hall–Kier alpha value is -1.17. The molecule has 2 aliphatic heterocycles. The lowest BCUT2D eigenvalue weighted by molar-refractivity contribution is -0.138. The van der Waals surface area contributed by atoms with Crippen molar-refractivity contribution < 1.29 is 19.0 Å². The van der Waals surface area contributed by atoms with Crippen molar-refractivity contribution in [2.75, 3.05) is 27.4 Å². The van der Waals surface area contributed by atoms with Gasteiger partial charge in [0, 0.05) is 17.6 Å². The van der Waals surface area contributed by atoms with Gasteiger partial charge in [0.05, 0.1) is 25.9 Å². The van der Waals surface area contributed by atoms with E-state index >= 15 is 0 Å². The van der Waals surface area contributed by atoms with Crippen molar-refractivity contribution >= 4 is 0 Å². The first-order valence-electron chi connectivity index (χ1n) is 6.89. The minimum absolute atomic E-state index is 0.153. The maximum atomic E-state index is 13.6. The molecule has 5 heteroatoms. The Morgan fingerprint density at radius 1 is 1.35 bits per heavy atom. The highest BCUT2D eigenvalue weighted by Crippen LogP contribution is 2.43. The summed E-state index contributed by atoms with van der Waals surface area (Å²) in [6.07, 6.45) is 1.06. The first-order valence-corrected chi connectivity index (χ1v) is 6.89. The summed E-state index contributed by atoms with van der Waals surface area (Å²) in [5.74, 6) is 0.187. The van der Waals surface area contributed by atoms with E-state index in [1.54, 1.807) is 13.2 Å². The number of rotatable bonds is 2. The second-order valence-electron chi connectivity index (χ2n) is 5.80. The number of hydrogen-bond donors (Lipinski definition) is 1. The number of methoxy groups -OCH3 is 1. The number of benzene rings is 1. The molecule has 3 rings (SSSR count). The molecule has 0 spiro atoms. The van der Waals surface area contributed by atoms with Crippen molar-refractivity contribution in [1.82, 2.24) is 4.90 Å². The Labute approximate surface area is 118 Å². The van der Waals surface area contributed by atoms with E-state index in [2.05, 4.69) is 11.9 Å². The highest BCUT2D eigenvalue weighted by molar-refractivity contribution is 5.39. The van der Waals surface area contributed by atoms with Gasteiger partial charge in [-0.1, -0.05) is 0 Å². The number of piperidine rings is 1. The predicted octanol–water partition coefficient (Wildman–Crippen LogP) is 1.51. The van der Waals surface area contributed by atoms with Gasteiger partial charge in [-0.3, -0.25) is 4.90 Å². The van der Waals surface area contributed by atoms with Gasteiger partial charge in [0.15, 0.2) is 0 Å². The molecule has 0 aromatic heterocycles. The van der Waals surface area contributed by atoms with Crippen LogP contribution >= 0.6 is 0 Å². The fraction of sp³-hybridized carbons (Fsp3) is 0.600. The lowest BCUT2D eigenvalue weighted by atomic mass is 9.76. The van der Waals surface area contributed by atoms with Crippen LogP contribution in [0.4, 0.5) is 4.39 Å². The normalized spacial score (nSPS) is 34.0. The predicted molar refractivity (Wildman–Crippen MR) is 72.2 cm³/mol. The quantitative estimate of drug-likeness (QED) is 0.892. The molecule has 2 saturated heterocycles. The number of aliphatic hydroxyl groups is 1. The Kier molecular flexibility index (Phi) is 3.44. The first kappa shape index (κ1) is 13.8. The molecule has 1 aromatic rings. The van der Waals surface area contributed by atoms with Crippen molar-refractivity contribution in [3.8, 4) is 5.75 Å². The third-order valence-corrected chi connectivity index (χ3v) is 4.58. The minimum atomic E-state index is -1.06. The number of fused-ring (bicyclic) bond motifs is 2. The average molecular weight is 281 g/mol. The van der Waals surface area contributed by atoms with Crippen LogP contribution in [0.15, 0.2) is 18.2 Å². The van der Waals surface area contributed by atoms with E-state index in [0.29, 0.717) is 37.4 Å². The molecule has 2 unspecified atom stereocenters. The van der Waals surface area contributed by atoms with E-state index in [-0.39, 0.29) is 17.9 Å². The summed E-state index contributed by atoms with van der Waals surface area (Å²) in [4.78, 5) is 2.25. The topological polar surface area (TPSA) is 41.9 Å². The average Bonchev–Trinajstić information content (AvgIpc) is 2.41. The number of likely N-dealkylation sites (N-methyl/N-ethyl adjacent to an activating group) is 1. The lowest BCUT2D eigenvalue weighted by Gasteiger charge is -2.50. The van der Waals surface area contributed by atoms with Gasteiger partial charge in [-0.25, -0.2) is 4.39 Å². The molecule has 2 heterocycles. The summed E-state index contributed by atoms with van der Waals surface area (Å²) in [5.41, 5.74) is -0.510. The molecular formula is C15H20FNO3. The molecule has 2 atom stereocenters. The van der Waals surface area contributed by atoms with E-state index in [1.807, 2.05) is 0 Å². The number of halogens is 1. The van der Waals surface area contributed by atoms with Crippen LogP contribution in [0.1, 0.15) is 18.4 Å². The third-order valence-electron chi connectivity index (χ3n) is 4.58. The molecule has 2 bridgehead atoms. The zero-order valence-electron chi connectivity index (χ0n) is 11.8. The van der Waals surface area contributed by atoms with E-state index in [9.17, 15) is 9.50 Å². The Balaban J connectivity index is 1.98. The number of morpholine rings is 1. The summed E-state index contributed by atoms with van der Waals surface area (Å²) in [7, 11) is 3.60. The van der Waals surface area contributed by atoms with Crippen LogP contribution in [-0.4, -0.2) is 49.5 Å². The fourth-order valence-corrected chi connectivity index (χ4v) is 3.41. The summed E-state index contributed by atoms with van der Waals surface area (Å²) < 4.78 is 24.4. The van der Waals surface area contributed by atoms with Gasteiger partial charge < -0.3 is 14.6 Å². The highest BCUT2D eigenvalue weighted by Gasteiger charge is 2.46. The van der Waals surface area contributed by atoms with Gasteiger partial charge in [0.2, 0.25) is 0 Å². The third kappa shape index (κ3) is 2.20. The standard InChI is InChI=1S/C15H20FNO3/c1-17-11-6-15(18,7-12(17)9-20-8-11)13-5-10(16)3-4-14(13)19-2/h3-5,11-12,18H,6-9H2,1-2H3. The first-order chi connectivity index (χ1) is 9.53. The zero-order valence-corrected chi connectivity index (χ0v) is 11.8. The fourth-order valence-electron chi connectivity index (χ4n) is 3.41. The highest BCUT2D eigenvalue weighted by atomic mass is 19.1. The Bertz CT molecular complexity index is 494. The zero-order chi connectivity index (χ0) is 14.3. The van der Waals surface area contributed by atoms with Gasteiger partial charge in [0.1, 0.15) is 11.6 Å². The van der Waals surface area contributed by atoms with Crippen LogP contribution in [-0.2, 0) is 10.3 Å². The van der Waals surface area contributed by atoms with Crippen LogP contribution < -0.4 is 4.74 Å². The van der Waals surface area contributed by atoms with Crippen LogP contribution in [0.25, 0.3) is 0 Å². The maximum Gasteiger partial charge on any atom is 0.125 e. The van der Waals surface area contributed by atoms with Crippen molar-refractivity contribution in [1.29, 1.82) is 0 Å². The molecule has 2 fully saturated rings. The molecule has 20 heavy (non-hydrogen) atoms. The van der Waals surface area contributed by atoms with Gasteiger partial charge in [-0.15, -0.1) is 0 Å². The molecular weight excluding hydrogens is 261 g/mol. The molecule has 0 saturated carbocycles. The van der Waals surface area contributed by atoms with Crippen molar-refractivity contribution in [3.05, 3.63) is 29.6 Å². The molecule has 0 aliphatic carbocycles. The molecule has 2 aliphatic rings. The molecule has 110 valence electrons. The van der Waals surface area contributed by atoms with E-state index in [4.69, 9.17) is 9.47 Å². The SMILES string of the molecule is COc1ccc(F)cc1C1(O)CC2COCC(C1)N2C. The van der Waals surface area contributed by atoms with Crippen molar-refractivity contribution in [3.63, 3.8) is 0 Å². The molecule has 4 nitrogen and oxygen atoms in total. The van der Waals surface area contributed by atoms with Crippen molar-refractivity contribution in [2.24, 2.45) is 0 Å². The van der Waals surface area contributed by atoms with E-state index in [1.165, 1.54) is 12.1 Å². The molecule has 1 aromatic carbocycles. The number of hydrogen-bond acceptors (Lipinski definition) is 4. The molecule has 0 radical (unpaired) electrons. The van der Waals surface area contributed by atoms with Gasteiger partial charge in [0.25, 0.3) is 0 Å². The molecule has 1 N–H and O–H groups in total.